The Bertz CT molecular complexity index is 1060. The Balaban J connectivity index is 1.50. The third-order valence-corrected chi connectivity index (χ3v) is 5.17. The van der Waals surface area contributed by atoms with Gasteiger partial charge in [-0.05, 0) is 42.8 Å². The maximum Gasteiger partial charge on any atom is 0.263 e. The number of hydrogen-bond acceptors (Lipinski definition) is 6. The Hall–Kier alpha value is -2.97. The molecule has 4 rings (SSSR count). The normalized spacial score (nSPS) is 20.4. The van der Waals surface area contributed by atoms with Crippen LogP contribution < -0.4 is 10.2 Å². The molecule has 2 aromatic carbocycles. The molecule has 148 valence electrons. The molecule has 2 aliphatic heterocycles. The summed E-state index contributed by atoms with van der Waals surface area (Å²) in [5, 5.41) is 12.6. The predicted molar refractivity (Wildman–Crippen MR) is 108 cm³/mol. The van der Waals surface area contributed by atoms with Gasteiger partial charge in [-0.3, -0.25) is 19.4 Å². The first-order chi connectivity index (χ1) is 13.8. The van der Waals surface area contributed by atoms with Crippen LogP contribution in [0.4, 0.5) is 11.4 Å². The smallest absolute Gasteiger partial charge is 0.263 e. The van der Waals surface area contributed by atoms with Crippen molar-refractivity contribution < 1.29 is 14.4 Å². The third kappa shape index (κ3) is 3.56. The number of anilines is 2. The molecule has 8 nitrogen and oxygen atoms in total. The van der Waals surface area contributed by atoms with E-state index in [2.05, 4.69) is 15.7 Å². The molecule has 0 radical (unpaired) electrons. The van der Waals surface area contributed by atoms with Gasteiger partial charge in [-0.1, -0.05) is 40.6 Å². The van der Waals surface area contributed by atoms with E-state index < -0.39 is 29.8 Å². The van der Waals surface area contributed by atoms with Crippen LogP contribution in [0.15, 0.2) is 52.8 Å². The number of imide groups is 1. The summed E-state index contributed by atoms with van der Waals surface area (Å²) in [6.07, 6.45) is 0. The van der Waals surface area contributed by atoms with E-state index in [1.54, 1.807) is 36.4 Å². The van der Waals surface area contributed by atoms with Gasteiger partial charge in [0.05, 0.1) is 5.69 Å². The van der Waals surface area contributed by atoms with Gasteiger partial charge in [0.25, 0.3) is 11.8 Å². The van der Waals surface area contributed by atoms with E-state index in [9.17, 15) is 14.4 Å². The van der Waals surface area contributed by atoms with Crippen LogP contribution >= 0.6 is 23.2 Å². The zero-order valence-electron chi connectivity index (χ0n) is 15.2. The van der Waals surface area contributed by atoms with E-state index in [0.29, 0.717) is 21.4 Å². The largest absolute Gasteiger partial charge is 0.324 e. The zero-order valence-corrected chi connectivity index (χ0v) is 16.7. The Morgan fingerprint density at radius 1 is 1.10 bits per heavy atom. The molecule has 0 spiro atoms. The van der Waals surface area contributed by atoms with E-state index >= 15 is 0 Å². The molecule has 10 heteroatoms. The van der Waals surface area contributed by atoms with Crippen molar-refractivity contribution in [3.63, 3.8) is 0 Å². The molecule has 2 heterocycles. The summed E-state index contributed by atoms with van der Waals surface area (Å²) in [6.45, 7) is 1.60. The van der Waals surface area contributed by atoms with E-state index in [1.807, 2.05) is 6.92 Å². The third-order valence-electron chi connectivity index (χ3n) is 4.70. The maximum atomic E-state index is 12.9. The number of fused-ring (bicyclic) bond motifs is 1. The molecule has 2 aromatic rings. The molecule has 29 heavy (non-hydrogen) atoms. The molecule has 1 saturated heterocycles. The summed E-state index contributed by atoms with van der Waals surface area (Å²) in [6, 6.07) is 9.61. The molecule has 0 bridgehead atoms. The SMILES string of the molecule is Cc1ccc(Cl)cc1NC(=O)CN1N=NC2C(=O)N(c3cccc(Cl)c3)C(=O)C21. The topological polar surface area (TPSA) is 94.4 Å². The van der Waals surface area contributed by atoms with Crippen LogP contribution in [0, 0.1) is 6.92 Å². The van der Waals surface area contributed by atoms with Crippen LogP contribution in [0.5, 0.6) is 0 Å². The summed E-state index contributed by atoms with van der Waals surface area (Å²) in [5.41, 5.74) is 1.75. The van der Waals surface area contributed by atoms with E-state index in [4.69, 9.17) is 23.2 Å². The van der Waals surface area contributed by atoms with Crippen molar-refractivity contribution in [1.29, 1.82) is 0 Å². The second kappa shape index (κ2) is 7.46. The Labute approximate surface area is 176 Å². The molecule has 3 amide bonds. The van der Waals surface area contributed by atoms with E-state index in [1.165, 1.54) is 11.1 Å². The number of rotatable bonds is 4. The fourth-order valence-electron chi connectivity index (χ4n) is 3.29. The first kappa shape index (κ1) is 19.4. The second-order valence-corrected chi connectivity index (χ2v) is 7.56. The van der Waals surface area contributed by atoms with Crippen molar-refractivity contribution >= 4 is 52.3 Å². The zero-order chi connectivity index (χ0) is 20.7. The van der Waals surface area contributed by atoms with Gasteiger partial charge < -0.3 is 5.32 Å². The highest BCUT2D eigenvalue weighted by Crippen LogP contribution is 2.32. The fourth-order valence-corrected chi connectivity index (χ4v) is 3.65. The van der Waals surface area contributed by atoms with Crippen molar-refractivity contribution in [1.82, 2.24) is 5.01 Å². The van der Waals surface area contributed by atoms with Crippen LogP contribution in [0.2, 0.25) is 10.0 Å². The van der Waals surface area contributed by atoms with Gasteiger partial charge in [0.2, 0.25) is 5.91 Å². The highest BCUT2D eigenvalue weighted by atomic mass is 35.5. The van der Waals surface area contributed by atoms with Gasteiger partial charge in [-0.15, -0.1) is 0 Å². The first-order valence-corrected chi connectivity index (χ1v) is 9.47. The Kier molecular flexibility index (Phi) is 4.97. The maximum absolute atomic E-state index is 12.9. The van der Waals surface area contributed by atoms with Gasteiger partial charge in [0.15, 0.2) is 12.1 Å². The fraction of sp³-hybridized carbons (Fsp3) is 0.211. The van der Waals surface area contributed by atoms with Crippen molar-refractivity contribution in [2.24, 2.45) is 10.3 Å². The van der Waals surface area contributed by atoms with Crippen LogP contribution in [-0.2, 0) is 14.4 Å². The van der Waals surface area contributed by atoms with Crippen molar-refractivity contribution in [2.45, 2.75) is 19.0 Å². The summed E-state index contributed by atoms with van der Waals surface area (Å²) < 4.78 is 0. The minimum absolute atomic E-state index is 0.237. The van der Waals surface area contributed by atoms with E-state index in [-0.39, 0.29) is 6.54 Å². The van der Waals surface area contributed by atoms with Crippen LogP contribution in [0.1, 0.15) is 5.56 Å². The summed E-state index contributed by atoms with van der Waals surface area (Å²) in [7, 11) is 0. The van der Waals surface area contributed by atoms with Crippen molar-refractivity contribution in [3.05, 3.63) is 58.1 Å². The van der Waals surface area contributed by atoms with Gasteiger partial charge in [0.1, 0.15) is 6.54 Å². The molecule has 2 atom stereocenters. The van der Waals surface area contributed by atoms with Gasteiger partial charge in [0, 0.05) is 15.7 Å². The van der Waals surface area contributed by atoms with Crippen LogP contribution in [-0.4, -0.2) is 41.4 Å². The molecule has 0 aromatic heterocycles. The lowest BCUT2D eigenvalue weighted by Gasteiger charge is -2.20. The number of halogens is 2. The lowest BCUT2D eigenvalue weighted by molar-refractivity contribution is -0.123. The molecule has 0 aliphatic carbocycles. The highest BCUT2D eigenvalue weighted by Gasteiger charge is 2.55. The summed E-state index contributed by atoms with van der Waals surface area (Å²) >= 11 is 11.9. The molecular formula is C19H15Cl2N5O3. The summed E-state index contributed by atoms with van der Waals surface area (Å²) in [4.78, 5) is 39.1. The Morgan fingerprint density at radius 2 is 1.86 bits per heavy atom. The number of benzene rings is 2. The van der Waals surface area contributed by atoms with Crippen molar-refractivity contribution in [2.75, 3.05) is 16.8 Å². The average Bonchev–Trinajstić information content (AvgIpc) is 3.18. The lowest BCUT2D eigenvalue weighted by atomic mass is 10.1. The Morgan fingerprint density at radius 3 is 2.62 bits per heavy atom. The van der Waals surface area contributed by atoms with Gasteiger partial charge in [-0.2, -0.15) is 5.11 Å². The van der Waals surface area contributed by atoms with Gasteiger partial charge in [-0.25, -0.2) is 4.90 Å². The quantitative estimate of drug-likeness (QED) is 0.751. The molecular weight excluding hydrogens is 417 g/mol. The van der Waals surface area contributed by atoms with Crippen molar-refractivity contribution in [3.8, 4) is 0 Å². The summed E-state index contributed by atoms with van der Waals surface area (Å²) in [5.74, 6) is -1.41. The molecule has 1 fully saturated rings. The average molecular weight is 432 g/mol. The number of aryl methyl sites for hydroxylation is 1. The molecule has 0 saturated carbocycles. The number of hydrogen-bond donors (Lipinski definition) is 1. The number of carbonyl (C=O) groups is 3. The molecule has 2 aliphatic rings. The standard InChI is InChI=1S/C19H15Cl2N5O3/c1-10-5-6-12(21)8-14(10)22-15(27)9-25-17-16(23-24-25)18(28)26(19(17)29)13-4-2-3-11(20)7-13/h2-8,16-17H,9H2,1H3,(H,22,27). The first-order valence-electron chi connectivity index (χ1n) is 8.72. The number of carbonyl (C=O) groups excluding carboxylic acids is 3. The second-order valence-electron chi connectivity index (χ2n) is 6.69. The predicted octanol–water partition coefficient (Wildman–Crippen LogP) is 3.23. The highest BCUT2D eigenvalue weighted by molar-refractivity contribution is 6.32. The van der Waals surface area contributed by atoms with Crippen LogP contribution in [0.3, 0.4) is 0 Å². The number of nitrogens with zero attached hydrogens (tertiary/aromatic N) is 4. The molecule has 2 unspecified atom stereocenters. The lowest BCUT2D eigenvalue weighted by Crippen LogP contribution is -2.43. The van der Waals surface area contributed by atoms with E-state index in [0.717, 1.165) is 10.5 Å². The minimum Gasteiger partial charge on any atom is -0.324 e. The number of nitrogens with one attached hydrogen (secondary N) is 1. The minimum atomic E-state index is -0.984. The van der Waals surface area contributed by atoms with Gasteiger partial charge >= 0.3 is 0 Å². The van der Waals surface area contributed by atoms with Crippen LogP contribution in [0.25, 0.3) is 0 Å². The monoisotopic (exact) mass is 431 g/mol. The number of amides is 3. The molecule has 1 N–H and O–H groups in total.